The van der Waals surface area contributed by atoms with Crippen LogP contribution in [0.5, 0.6) is 0 Å². The van der Waals surface area contributed by atoms with Crippen molar-refractivity contribution in [1.82, 2.24) is 0 Å². The molecule has 0 spiro atoms. The number of methoxy groups -OCH3 is 2. The number of aliphatic hydroxyl groups is 1. The molecule has 0 aliphatic heterocycles. The van der Waals surface area contributed by atoms with Crippen LogP contribution in [0.2, 0.25) is 0 Å². The van der Waals surface area contributed by atoms with Crippen LogP contribution in [0.25, 0.3) is 0 Å². The lowest BCUT2D eigenvalue weighted by Crippen LogP contribution is -2.34. The Bertz CT molecular complexity index is 260. The van der Waals surface area contributed by atoms with Gasteiger partial charge in [-0.1, -0.05) is 0 Å². The maximum atomic E-state index is 11.1. The molecule has 4 nitrogen and oxygen atoms in total. The Morgan fingerprint density at radius 3 is 1.92 bits per heavy atom. The molecule has 0 aromatic rings. The Hall–Kier alpha value is -1.29. The Morgan fingerprint density at radius 1 is 1.23 bits per heavy atom. The van der Waals surface area contributed by atoms with E-state index in [1.54, 1.807) is 0 Å². The fraction of sp³-hybridized carbons (Fsp3) is 0.444. The number of rotatable bonds is 2. The molecule has 0 aromatic heterocycles. The topological polar surface area (TPSA) is 55.8 Å². The van der Waals surface area contributed by atoms with E-state index in [-0.39, 0.29) is 17.3 Å². The third kappa shape index (κ3) is 1.58. The maximum Gasteiger partial charge on any atom is 0.185 e. The Kier molecular flexibility index (Phi) is 2.43. The quantitative estimate of drug-likeness (QED) is 0.674. The number of hydrogen-bond donors (Lipinski definition) is 1. The van der Waals surface area contributed by atoms with Crippen molar-refractivity contribution in [3.63, 3.8) is 0 Å². The van der Waals surface area contributed by atoms with E-state index in [1.807, 2.05) is 0 Å². The standard InChI is InChI=1S/C9H12O4/c1-9(11)7(12-2)4-6(10)5-8(9)13-3/h4-5,11H,1-3H3. The van der Waals surface area contributed by atoms with Gasteiger partial charge in [-0.3, -0.25) is 4.79 Å². The molecule has 0 amide bonds. The summed E-state index contributed by atoms with van der Waals surface area (Å²) in [6, 6.07) is 0. The van der Waals surface area contributed by atoms with Gasteiger partial charge in [-0.05, 0) is 6.92 Å². The second-order valence-electron chi connectivity index (χ2n) is 2.90. The largest absolute Gasteiger partial charge is 0.497 e. The van der Waals surface area contributed by atoms with Crippen LogP contribution in [0, 0.1) is 0 Å². The van der Waals surface area contributed by atoms with Crippen molar-refractivity contribution in [1.29, 1.82) is 0 Å². The van der Waals surface area contributed by atoms with Gasteiger partial charge in [0.2, 0.25) is 0 Å². The number of ketones is 1. The minimum atomic E-state index is -1.35. The van der Waals surface area contributed by atoms with Crippen LogP contribution in [-0.2, 0) is 14.3 Å². The van der Waals surface area contributed by atoms with Gasteiger partial charge in [0.1, 0.15) is 11.5 Å². The molecule has 0 heterocycles. The van der Waals surface area contributed by atoms with Crippen LogP contribution in [0.1, 0.15) is 6.92 Å². The lowest BCUT2D eigenvalue weighted by molar-refractivity contribution is -0.111. The summed E-state index contributed by atoms with van der Waals surface area (Å²) in [5.41, 5.74) is -1.35. The zero-order valence-electron chi connectivity index (χ0n) is 7.83. The highest BCUT2D eigenvalue weighted by atomic mass is 16.5. The van der Waals surface area contributed by atoms with Crippen molar-refractivity contribution in [3.8, 4) is 0 Å². The predicted molar refractivity (Wildman–Crippen MR) is 45.8 cm³/mol. The summed E-state index contributed by atoms with van der Waals surface area (Å²) >= 11 is 0. The van der Waals surface area contributed by atoms with Crippen molar-refractivity contribution < 1.29 is 19.4 Å². The first-order chi connectivity index (χ1) is 6.02. The summed E-state index contributed by atoms with van der Waals surface area (Å²) in [4.78, 5) is 11.1. The Labute approximate surface area is 76.5 Å². The van der Waals surface area contributed by atoms with Crippen molar-refractivity contribution in [2.45, 2.75) is 12.5 Å². The molecule has 0 unspecified atom stereocenters. The summed E-state index contributed by atoms with van der Waals surface area (Å²) in [5.74, 6) is 0.133. The van der Waals surface area contributed by atoms with E-state index in [0.29, 0.717) is 0 Å². The van der Waals surface area contributed by atoms with Gasteiger partial charge in [-0.25, -0.2) is 0 Å². The highest BCUT2D eigenvalue weighted by molar-refractivity contribution is 6.01. The highest BCUT2D eigenvalue weighted by Crippen LogP contribution is 2.29. The first kappa shape index (κ1) is 9.80. The lowest BCUT2D eigenvalue weighted by atomic mass is 9.95. The summed E-state index contributed by atoms with van der Waals surface area (Å²) in [5, 5.41) is 9.87. The molecule has 72 valence electrons. The molecule has 0 bridgehead atoms. The number of hydrogen-bond acceptors (Lipinski definition) is 4. The molecule has 0 radical (unpaired) electrons. The second-order valence-corrected chi connectivity index (χ2v) is 2.90. The average molecular weight is 184 g/mol. The minimum Gasteiger partial charge on any atom is -0.497 e. The number of carbonyl (C=O) groups is 1. The predicted octanol–water partition coefficient (Wildman–Crippen LogP) is 0.381. The maximum absolute atomic E-state index is 11.1. The van der Waals surface area contributed by atoms with Crippen LogP contribution in [-0.4, -0.2) is 30.7 Å². The van der Waals surface area contributed by atoms with Gasteiger partial charge in [0.25, 0.3) is 0 Å². The summed E-state index contributed by atoms with van der Waals surface area (Å²) in [6.45, 7) is 1.50. The van der Waals surface area contributed by atoms with Crippen LogP contribution in [0.4, 0.5) is 0 Å². The van der Waals surface area contributed by atoms with E-state index < -0.39 is 5.60 Å². The van der Waals surface area contributed by atoms with E-state index in [0.717, 1.165) is 0 Å². The first-order valence-electron chi connectivity index (χ1n) is 3.81. The third-order valence-corrected chi connectivity index (χ3v) is 1.95. The van der Waals surface area contributed by atoms with E-state index in [4.69, 9.17) is 9.47 Å². The third-order valence-electron chi connectivity index (χ3n) is 1.95. The smallest absolute Gasteiger partial charge is 0.185 e. The summed E-state index contributed by atoms with van der Waals surface area (Å²) in [6.07, 6.45) is 2.48. The van der Waals surface area contributed by atoms with Gasteiger partial charge in [0.05, 0.1) is 14.2 Å². The molecule has 0 saturated carbocycles. The fourth-order valence-corrected chi connectivity index (χ4v) is 1.22. The normalized spacial score (nSPS) is 20.5. The lowest BCUT2D eigenvalue weighted by Gasteiger charge is -2.28. The van der Waals surface area contributed by atoms with Crippen molar-refractivity contribution in [2.75, 3.05) is 14.2 Å². The van der Waals surface area contributed by atoms with E-state index in [9.17, 15) is 9.90 Å². The zero-order chi connectivity index (χ0) is 10.1. The molecule has 0 atom stereocenters. The molecule has 0 saturated heterocycles. The molecular weight excluding hydrogens is 172 g/mol. The monoisotopic (exact) mass is 184 g/mol. The van der Waals surface area contributed by atoms with Gasteiger partial charge in [0, 0.05) is 12.2 Å². The van der Waals surface area contributed by atoms with E-state index in [2.05, 4.69) is 0 Å². The van der Waals surface area contributed by atoms with Crippen molar-refractivity contribution >= 4 is 5.78 Å². The molecule has 1 aliphatic rings. The Balaban J connectivity index is 3.09. The number of carbonyl (C=O) groups excluding carboxylic acids is 1. The van der Waals surface area contributed by atoms with Crippen LogP contribution in [0.3, 0.4) is 0 Å². The van der Waals surface area contributed by atoms with Gasteiger partial charge in [-0.2, -0.15) is 0 Å². The first-order valence-corrected chi connectivity index (χ1v) is 3.81. The Morgan fingerprint density at radius 2 is 1.62 bits per heavy atom. The van der Waals surface area contributed by atoms with Gasteiger partial charge >= 0.3 is 0 Å². The number of ether oxygens (including phenoxy) is 2. The molecule has 0 aromatic carbocycles. The molecule has 4 heteroatoms. The molecule has 1 N–H and O–H groups in total. The van der Waals surface area contributed by atoms with E-state index in [1.165, 1.54) is 33.3 Å². The highest BCUT2D eigenvalue weighted by Gasteiger charge is 2.37. The number of allylic oxidation sites excluding steroid dienone is 2. The molecule has 1 rings (SSSR count). The minimum absolute atomic E-state index is 0.192. The van der Waals surface area contributed by atoms with Crippen molar-refractivity contribution in [3.05, 3.63) is 23.7 Å². The van der Waals surface area contributed by atoms with Crippen molar-refractivity contribution in [2.24, 2.45) is 0 Å². The zero-order valence-corrected chi connectivity index (χ0v) is 7.83. The second kappa shape index (κ2) is 3.22. The van der Waals surface area contributed by atoms with E-state index >= 15 is 0 Å². The molecule has 0 fully saturated rings. The van der Waals surface area contributed by atoms with Crippen LogP contribution < -0.4 is 0 Å². The summed E-state index contributed by atoms with van der Waals surface area (Å²) in [7, 11) is 2.79. The molecular formula is C9H12O4. The van der Waals surface area contributed by atoms with Gasteiger partial charge < -0.3 is 14.6 Å². The van der Waals surface area contributed by atoms with Gasteiger partial charge in [0.15, 0.2) is 11.4 Å². The SMILES string of the molecule is COC1=CC(=O)C=C(OC)C1(C)O. The summed E-state index contributed by atoms with van der Waals surface area (Å²) < 4.78 is 9.76. The van der Waals surface area contributed by atoms with Crippen LogP contribution in [0.15, 0.2) is 23.7 Å². The van der Waals surface area contributed by atoms with Gasteiger partial charge in [-0.15, -0.1) is 0 Å². The average Bonchev–Trinajstić information content (AvgIpc) is 2.08. The molecule has 13 heavy (non-hydrogen) atoms. The fourth-order valence-electron chi connectivity index (χ4n) is 1.22. The molecule has 1 aliphatic carbocycles. The van der Waals surface area contributed by atoms with Crippen LogP contribution >= 0.6 is 0 Å².